The van der Waals surface area contributed by atoms with Gasteiger partial charge in [-0.15, -0.1) is 0 Å². The van der Waals surface area contributed by atoms with E-state index in [0.717, 1.165) is 25.7 Å². The van der Waals surface area contributed by atoms with Gasteiger partial charge in [-0.05, 0) is 26.7 Å². The molecule has 18 heavy (non-hydrogen) atoms. The molecule has 0 aromatic rings. The van der Waals surface area contributed by atoms with Gasteiger partial charge in [-0.1, -0.05) is 25.7 Å². The lowest BCUT2D eigenvalue weighted by Crippen LogP contribution is -2.55. The first-order chi connectivity index (χ1) is 8.34. The van der Waals surface area contributed by atoms with Gasteiger partial charge in [-0.25, -0.2) is 9.59 Å². The number of carbonyl (C=O) groups is 2. The minimum Gasteiger partial charge on any atom is -0.480 e. The van der Waals surface area contributed by atoms with E-state index in [0.29, 0.717) is 0 Å². The third kappa shape index (κ3) is 3.89. The molecular formula is C13H24N2O3. The van der Waals surface area contributed by atoms with Crippen LogP contribution < -0.4 is 5.32 Å². The van der Waals surface area contributed by atoms with E-state index >= 15 is 0 Å². The van der Waals surface area contributed by atoms with Crippen molar-refractivity contribution in [1.29, 1.82) is 0 Å². The van der Waals surface area contributed by atoms with E-state index in [2.05, 4.69) is 5.32 Å². The van der Waals surface area contributed by atoms with Crippen LogP contribution in [0.2, 0.25) is 0 Å². The Morgan fingerprint density at radius 3 is 2.11 bits per heavy atom. The third-order valence-electron chi connectivity index (χ3n) is 3.65. The molecule has 2 N–H and O–H groups in total. The maximum atomic E-state index is 12.0. The van der Waals surface area contributed by atoms with Gasteiger partial charge in [0.1, 0.15) is 5.54 Å². The molecule has 0 unspecified atom stereocenters. The number of nitrogens with one attached hydrogen (secondary N) is 1. The van der Waals surface area contributed by atoms with Gasteiger partial charge in [0.15, 0.2) is 0 Å². The van der Waals surface area contributed by atoms with Crippen LogP contribution in [0, 0.1) is 0 Å². The summed E-state index contributed by atoms with van der Waals surface area (Å²) >= 11 is 0. The van der Waals surface area contributed by atoms with Gasteiger partial charge in [-0.3, -0.25) is 0 Å². The second-order valence-electron chi connectivity index (χ2n) is 5.62. The smallest absolute Gasteiger partial charge is 0.328 e. The summed E-state index contributed by atoms with van der Waals surface area (Å²) in [5.41, 5.74) is -1.23. The second-order valence-corrected chi connectivity index (χ2v) is 5.62. The topological polar surface area (TPSA) is 69.6 Å². The van der Waals surface area contributed by atoms with Crippen LogP contribution in [0.25, 0.3) is 0 Å². The van der Waals surface area contributed by atoms with Crippen molar-refractivity contribution in [1.82, 2.24) is 10.2 Å². The zero-order valence-electron chi connectivity index (χ0n) is 11.5. The van der Waals surface area contributed by atoms with E-state index in [4.69, 9.17) is 5.11 Å². The monoisotopic (exact) mass is 256 g/mol. The summed E-state index contributed by atoms with van der Waals surface area (Å²) in [7, 11) is 1.75. The SMILES string of the molecule is CN(C(=O)NC(C)(C)C(=O)O)C1CCCCCC1. The molecule has 2 amide bonds. The van der Waals surface area contributed by atoms with Gasteiger partial charge in [0.2, 0.25) is 0 Å². The van der Waals surface area contributed by atoms with Crippen LogP contribution >= 0.6 is 0 Å². The van der Waals surface area contributed by atoms with E-state index in [-0.39, 0.29) is 12.1 Å². The van der Waals surface area contributed by atoms with Crippen LogP contribution in [-0.4, -0.2) is 40.6 Å². The largest absolute Gasteiger partial charge is 0.480 e. The number of urea groups is 1. The Balaban J connectivity index is 2.57. The average Bonchev–Trinajstić information content (AvgIpc) is 2.55. The van der Waals surface area contributed by atoms with E-state index in [9.17, 15) is 9.59 Å². The summed E-state index contributed by atoms with van der Waals surface area (Å²) in [6.07, 6.45) is 6.77. The van der Waals surface area contributed by atoms with Gasteiger partial charge < -0.3 is 15.3 Å². The highest BCUT2D eigenvalue weighted by molar-refractivity contribution is 5.85. The van der Waals surface area contributed by atoms with Crippen LogP contribution in [0.15, 0.2) is 0 Å². The fraction of sp³-hybridized carbons (Fsp3) is 0.846. The Morgan fingerprint density at radius 1 is 1.17 bits per heavy atom. The zero-order chi connectivity index (χ0) is 13.8. The van der Waals surface area contributed by atoms with Crippen molar-refractivity contribution in [3.05, 3.63) is 0 Å². The molecule has 104 valence electrons. The molecule has 0 saturated heterocycles. The fourth-order valence-electron chi connectivity index (χ4n) is 2.22. The summed E-state index contributed by atoms with van der Waals surface area (Å²) in [5, 5.41) is 11.6. The Bertz CT molecular complexity index is 307. The van der Waals surface area contributed by atoms with Crippen LogP contribution in [-0.2, 0) is 4.79 Å². The highest BCUT2D eigenvalue weighted by Gasteiger charge is 2.31. The molecule has 0 spiro atoms. The number of hydrogen-bond donors (Lipinski definition) is 2. The van der Waals surface area contributed by atoms with Gasteiger partial charge in [0.05, 0.1) is 0 Å². The quantitative estimate of drug-likeness (QED) is 0.761. The minimum atomic E-state index is -1.23. The van der Waals surface area contributed by atoms with E-state index < -0.39 is 11.5 Å². The zero-order valence-corrected chi connectivity index (χ0v) is 11.5. The number of carboxylic acid groups (broad SMARTS) is 1. The van der Waals surface area contributed by atoms with E-state index in [1.54, 1.807) is 11.9 Å². The minimum absolute atomic E-state index is 0.233. The molecule has 1 fully saturated rings. The molecule has 1 aliphatic rings. The normalized spacial score (nSPS) is 17.9. The number of aliphatic carboxylic acids is 1. The molecule has 1 rings (SSSR count). The standard InChI is InChI=1S/C13H24N2O3/c1-13(2,11(16)17)14-12(18)15(3)10-8-6-4-5-7-9-10/h10H,4-9H2,1-3H3,(H,14,18)(H,16,17). The molecule has 0 aromatic heterocycles. The summed E-state index contributed by atoms with van der Waals surface area (Å²) in [4.78, 5) is 24.7. The van der Waals surface area contributed by atoms with Crippen molar-refractivity contribution < 1.29 is 14.7 Å². The Kier molecular flexibility index (Phi) is 4.99. The van der Waals surface area contributed by atoms with Crippen molar-refractivity contribution in [2.75, 3.05) is 7.05 Å². The van der Waals surface area contributed by atoms with Gasteiger partial charge in [0, 0.05) is 13.1 Å². The lowest BCUT2D eigenvalue weighted by Gasteiger charge is -2.31. The molecule has 0 radical (unpaired) electrons. The van der Waals surface area contributed by atoms with Crippen LogP contribution in [0.1, 0.15) is 52.4 Å². The Labute approximate surface area is 109 Å². The first-order valence-corrected chi connectivity index (χ1v) is 6.63. The number of nitrogens with zero attached hydrogens (tertiary/aromatic N) is 1. The predicted octanol–water partition coefficient (Wildman–Crippen LogP) is 2.21. The third-order valence-corrected chi connectivity index (χ3v) is 3.65. The van der Waals surface area contributed by atoms with E-state index in [1.165, 1.54) is 26.7 Å². The maximum absolute atomic E-state index is 12.0. The number of rotatable bonds is 3. The second kappa shape index (κ2) is 6.07. The predicted molar refractivity (Wildman–Crippen MR) is 69.5 cm³/mol. The highest BCUT2D eigenvalue weighted by atomic mass is 16.4. The lowest BCUT2D eigenvalue weighted by atomic mass is 10.1. The van der Waals surface area contributed by atoms with Crippen LogP contribution in [0.4, 0.5) is 4.79 Å². The van der Waals surface area contributed by atoms with Gasteiger partial charge >= 0.3 is 12.0 Å². The molecule has 1 aliphatic carbocycles. The first kappa shape index (κ1) is 14.8. The maximum Gasteiger partial charge on any atom is 0.328 e. The van der Waals surface area contributed by atoms with Crippen molar-refractivity contribution >= 4 is 12.0 Å². The Hall–Kier alpha value is -1.26. The molecule has 0 aromatic carbocycles. The number of amides is 2. The molecule has 0 atom stereocenters. The lowest BCUT2D eigenvalue weighted by molar-refractivity contribution is -0.143. The van der Waals surface area contributed by atoms with Crippen molar-refractivity contribution in [3.63, 3.8) is 0 Å². The number of carbonyl (C=O) groups excluding carboxylic acids is 1. The summed E-state index contributed by atoms with van der Waals surface area (Å²) in [6.45, 7) is 2.99. The van der Waals surface area contributed by atoms with Gasteiger partial charge in [0.25, 0.3) is 0 Å². The number of carboxylic acids is 1. The Morgan fingerprint density at radius 2 is 1.67 bits per heavy atom. The molecule has 0 bridgehead atoms. The van der Waals surface area contributed by atoms with E-state index in [1.807, 2.05) is 0 Å². The van der Waals surface area contributed by atoms with Crippen molar-refractivity contribution in [2.45, 2.75) is 64.0 Å². The molecule has 5 heteroatoms. The van der Waals surface area contributed by atoms with Crippen LogP contribution in [0.3, 0.4) is 0 Å². The van der Waals surface area contributed by atoms with Gasteiger partial charge in [-0.2, -0.15) is 0 Å². The summed E-state index contributed by atoms with van der Waals surface area (Å²) in [6, 6.07) is -0.0635. The van der Waals surface area contributed by atoms with Crippen molar-refractivity contribution in [2.24, 2.45) is 0 Å². The summed E-state index contributed by atoms with van der Waals surface area (Å²) < 4.78 is 0. The average molecular weight is 256 g/mol. The van der Waals surface area contributed by atoms with Crippen molar-refractivity contribution in [3.8, 4) is 0 Å². The molecule has 1 saturated carbocycles. The molecule has 0 aliphatic heterocycles. The molecule has 5 nitrogen and oxygen atoms in total. The fourth-order valence-corrected chi connectivity index (χ4v) is 2.22. The molecular weight excluding hydrogens is 232 g/mol. The highest BCUT2D eigenvalue weighted by Crippen LogP contribution is 2.21. The summed E-state index contributed by atoms with van der Waals surface area (Å²) in [5.74, 6) is -1.02. The molecule has 0 heterocycles. The first-order valence-electron chi connectivity index (χ1n) is 6.63. The van der Waals surface area contributed by atoms with Crippen LogP contribution in [0.5, 0.6) is 0 Å². The number of hydrogen-bond acceptors (Lipinski definition) is 2.